The van der Waals surface area contributed by atoms with Gasteiger partial charge in [-0.15, -0.1) is 5.10 Å². The van der Waals surface area contributed by atoms with E-state index >= 15 is 0 Å². The molecule has 2 N–H and O–H groups in total. The lowest BCUT2D eigenvalue weighted by Gasteiger charge is -2.22. The standard InChI is InChI=1S/C16H24N4O4/c1-5-10(2)15(12-9-18-24-11(12)3)23-14-8-13(20(4)19-14)16(22)17-6-7-21/h8-10,15,21H,5-7H2,1-4H3,(H,17,22). The Hall–Kier alpha value is -2.35. The number of aliphatic hydroxyl groups is 1. The number of hydrogen-bond donors (Lipinski definition) is 2. The van der Waals surface area contributed by atoms with Crippen LogP contribution >= 0.6 is 0 Å². The monoisotopic (exact) mass is 336 g/mol. The summed E-state index contributed by atoms with van der Waals surface area (Å²) in [5.41, 5.74) is 1.24. The van der Waals surface area contributed by atoms with E-state index in [2.05, 4.69) is 29.4 Å². The van der Waals surface area contributed by atoms with Gasteiger partial charge >= 0.3 is 0 Å². The van der Waals surface area contributed by atoms with Crippen LogP contribution in [-0.4, -0.2) is 39.1 Å². The number of hydrogen-bond acceptors (Lipinski definition) is 6. The number of aryl methyl sites for hydroxylation is 2. The fourth-order valence-electron chi connectivity index (χ4n) is 2.38. The Morgan fingerprint density at radius 1 is 1.54 bits per heavy atom. The van der Waals surface area contributed by atoms with Gasteiger partial charge in [0.2, 0.25) is 5.88 Å². The van der Waals surface area contributed by atoms with Crippen LogP contribution < -0.4 is 10.1 Å². The third kappa shape index (κ3) is 3.94. The third-order valence-corrected chi connectivity index (χ3v) is 3.99. The summed E-state index contributed by atoms with van der Waals surface area (Å²) in [6.45, 7) is 6.07. The predicted octanol–water partition coefficient (Wildman–Crippen LogP) is 1.60. The molecule has 24 heavy (non-hydrogen) atoms. The topological polar surface area (TPSA) is 102 Å². The van der Waals surface area contributed by atoms with E-state index in [1.54, 1.807) is 19.3 Å². The summed E-state index contributed by atoms with van der Waals surface area (Å²) in [6.07, 6.45) is 2.31. The minimum Gasteiger partial charge on any atom is -0.468 e. The van der Waals surface area contributed by atoms with Crippen molar-refractivity contribution >= 4 is 5.91 Å². The van der Waals surface area contributed by atoms with E-state index in [4.69, 9.17) is 14.4 Å². The zero-order valence-corrected chi connectivity index (χ0v) is 14.4. The maximum atomic E-state index is 12.0. The van der Waals surface area contributed by atoms with Crippen molar-refractivity contribution in [1.82, 2.24) is 20.3 Å². The maximum Gasteiger partial charge on any atom is 0.269 e. The Bertz CT molecular complexity index is 679. The van der Waals surface area contributed by atoms with Crippen molar-refractivity contribution in [3.05, 3.63) is 29.3 Å². The first kappa shape index (κ1) is 18.0. The van der Waals surface area contributed by atoms with Crippen LogP contribution in [0.1, 0.15) is 48.2 Å². The SMILES string of the molecule is CCC(C)C(Oc1cc(C(=O)NCCO)n(C)n1)c1cnoc1C. The largest absolute Gasteiger partial charge is 0.468 e. The molecule has 0 aliphatic rings. The quantitative estimate of drug-likeness (QED) is 0.759. The van der Waals surface area contributed by atoms with Gasteiger partial charge in [-0.1, -0.05) is 19.0 Å². The summed E-state index contributed by atoms with van der Waals surface area (Å²) in [5, 5.41) is 19.5. The highest BCUT2D eigenvalue weighted by Crippen LogP contribution is 2.31. The number of rotatable bonds is 8. The van der Waals surface area contributed by atoms with Gasteiger partial charge in [0.05, 0.1) is 18.4 Å². The summed E-state index contributed by atoms with van der Waals surface area (Å²) in [5.74, 6) is 0.974. The molecule has 0 saturated heterocycles. The highest BCUT2D eigenvalue weighted by molar-refractivity contribution is 5.92. The van der Waals surface area contributed by atoms with Gasteiger partial charge in [0.25, 0.3) is 5.91 Å². The molecule has 0 aliphatic carbocycles. The Morgan fingerprint density at radius 2 is 2.29 bits per heavy atom. The molecule has 132 valence electrons. The molecule has 2 rings (SSSR count). The molecular weight excluding hydrogens is 312 g/mol. The summed E-state index contributed by atoms with van der Waals surface area (Å²) in [7, 11) is 1.67. The zero-order chi connectivity index (χ0) is 17.7. The number of nitrogens with zero attached hydrogens (tertiary/aromatic N) is 3. The first-order chi connectivity index (χ1) is 11.5. The molecule has 0 spiro atoms. The fraction of sp³-hybridized carbons (Fsp3) is 0.562. The van der Waals surface area contributed by atoms with Gasteiger partial charge in [0, 0.05) is 19.7 Å². The molecule has 2 aromatic heterocycles. The second-order valence-electron chi connectivity index (χ2n) is 5.73. The molecule has 0 bridgehead atoms. The molecule has 0 aromatic carbocycles. The lowest BCUT2D eigenvalue weighted by Crippen LogP contribution is -2.28. The van der Waals surface area contributed by atoms with Crippen molar-refractivity contribution in [2.75, 3.05) is 13.2 Å². The van der Waals surface area contributed by atoms with Gasteiger partial charge in [-0.2, -0.15) is 0 Å². The van der Waals surface area contributed by atoms with Crippen molar-refractivity contribution < 1.29 is 19.2 Å². The van der Waals surface area contributed by atoms with Gasteiger partial charge in [-0.3, -0.25) is 9.48 Å². The van der Waals surface area contributed by atoms with Crippen LogP contribution in [0.25, 0.3) is 0 Å². The molecular formula is C16H24N4O4. The summed E-state index contributed by atoms with van der Waals surface area (Å²) >= 11 is 0. The Kier molecular flexibility index (Phi) is 5.97. The van der Waals surface area contributed by atoms with Crippen LogP contribution in [0.4, 0.5) is 0 Å². The second-order valence-corrected chi connectivity index (χ2v) is 5.73. The maximum absolute atomic E-state index is 12.0. The third-order valence-electron chi connectivity index (χ3n) is 3.99. The zero-order valence-electron chi connectivity index (χ0n) is 14.4. The lowest BCUT2D eigenvalue weighted by molar-refractivity contribution is 0.0935. The van der Waals surface area contributed by atoms with Crippen LogP contribution in [-0.2, 0) is 7.05 Å². The Labute approximate surface area is 140 Å². The van der Waals surface area contributed by atoms with E-state index < -0.39 is 0 Å². The predicted molar refractivity (Wildman–Crippen MR) is 86.7 cm³/mol. The second kappa shape index (κ2) is 7.96. The van der Waals surface area contributed by atoms with E-state index in [0.29, 0.717) is 17.3 Å². The van der Waals surface area contributed by atoms with Crippen molar-refractivity contribution in [2.24, 2.45) is 13.0 Å². The van der Waals surface area contributed by atoms with Gasteiger partial charge in [0.15, 0.2) is 0 Å². The normalized spacial score (nSPS) is 13.5. The van der Waals surface area contributed by atoms with Crippen LogP contribution in [0.3, 0.4) is 0 Å². The Balaban J connectivity index is 2.21. The minimum atomic E-state index is -0.310. The lowest BCUT2D eigenvalue weighted by atomic mass is 9.96. The number of ether oxygens (including phenoxy) is 1. The van der Waals surface area contributed by atoms with Crippen molar-refractivity contribution in [3.63, 3.8) is 0 Å². The molecule has 2 atom stereocenters. The fourth-order valence-corrected chi connectivity index (χ4v) is 2.38. The molecule has 1 amide bonds. The van der Waals surface area contributed by atoms with E-state index in [1.165, 1.54) is 4.68 Å². The first-order valence-corrected chi connectivity index (χ1v) is 7.98. The van der Waals surface area contributed by atoms with Crippen molar-refractivity contribution in [2.45, 2.75) is 33.3 Å². The molecule has 2 heterocycles. The van der Waals surface area contributed by atoms with E-state index in [9.17, 15) is 4.79 Å². The average molecular weight is 336 g/mol. The van der Waals surface area contributed by atoms with Crippen molar-refractivity contribution in [3.8, 4) is 5.88 Å². The van der Waals surface area contributed by atoms with Crippen LogP contribution in [0, 0.1) is 12.8 Å². The molecule has 8 heteroatoms. The van der Waals surface area contributed by atoms with Crippen LogP contribution in [0.2, 0.25) is 0 Å². The molecule has 0 aliphatic heterocycles. The van der Waals surface area contributed by atoms with Crippen LogP contribution in [0.5, 0.6) is 5.88 Å². The first-order valence-electron chi connectivity index (χ1n) is 7.98. The molecule has 0 saturated carbocycles. The summed E-state index contributed by atoms with van der Waals surface area (Å²) in [6, 6.07) is 1.59. The molecule has 0 radical (unpaired) electrons. The summed E-state index contributed by atoms with van der Waals surface area (Å²) < 4.78 is 12.6. The number of amides is 1. The summed E-state index contributed by atoms with van der Waals surface area (Å²) in [4.78, 5) is 12.0. The van der Waals surface area contributed by atoms with Gasteiger partial charge < -0.3 is 19.7 Å². The average Bonchev–Trinajstić information content (AvgIpc) is 3.15. The molecule has 8 nitrogen and oxygen atoms in total. The van der Waals surface area contributed by atoms with Gasteiger partial charge in [-0.25, -0.2) is 0 Å². The van der Waals surface area contributed by atoms with Crippen molar-refractivity contribution in [1.29, 1.82) is 0 Å². The van der Waals surface area contributed by atoms with E-state index in [1.807, 2.05) is 6.92 Å². The number of aliphatic hydroxyl groups excluding tert-OH is 1. The van der Waals surface area contributed by atoms with Gasteiger partial charge in [-0.05, 0) is 19.3 Å². The van der Waals surface area contributed by atoms with Crippen LogP contribution in [0.15, 0.2) is 16.8 Å². The molecule has 2 aromatic rings. The number of nitrogens with one attached hydrogen (secondary N) is 1. The van der Waals surface area contributed by atoms with Gasteiger partial charge in [0.1, 0.15) is 17.6 Å². The molecule has 0 fully saturated rings. The Morgan fingerprint density at radius 3 is 2.88 bits per heavy atom. The number of carbonyl (C=O) groups excluding carboxylic acids is 1. The van der Waals surface area contributed by atoms with E-state index in [0.717, 1.165) is 12.0 Å². The molecule has 2 unspecified atom stereocenters. The highest BCUT2D eigenvalue weighted by Gasteiger charge is 2.26. The minimum absolute atomic E-state index is 0.115. The number of aromatic nitrogens is 3. The number of carbonyl (C=O) groups is 1. The smallest absolute Gasteiger partial charge is 0.269 e. The highest BCUT2D eigenvalue weighted by atomic mass is 16.5. The van der Waals surface area contributed by atoms with E-state index in [-0.39, 0.29) is 31.1 Å².